The molecule has 1 heterocycles. The van der Waals surface area contributed by atoms with Gasteiger partial charge in [-0.2, -0.15) is 0 Å². The van der Waals surface area contributed by atoms with E-state index in [-0.39, 0.29) is 35.7 Å². The first-order valence-electron chi connectivity index (χ1n) is 14.7. The monoisotopic (exact) mass is 567 g/mol. The van der Waals surface area contributed by atoms with Crippen molar-refractivity contribution in [3.63, 3.8) is 0 Å². The number of carbonyl (C=O) groups is 2. The SMILES string of the molecule is COCCCOc1cc(C(=O)N(C[C@@H]2CNC[C@H]2CN(C(=O)[C@@H](O)c2ccccc2)C2CC2)C(C)C)ccc1OC. The van der Waals surface area contributed by atoms with Crippen molar-refractivity contribution in [2.75, 3.05) is 53.6 Å². The molecule has 1 saturated heterocycles. The maximum absolute atomic E-state index is 13.8. The fraction of sp³-hybridized carbons (Fsp3) is 0.562. The number of amides is 2. The highest BCUT2D eigenvalue weighted by molar-refractivity contribution is 5.95. The van der Waals surface area contributed by atoms with Crippen molar-refractivity contribution in [3.8, 4) is 11.5 Å². The van der Waals surface area contributed by atoms with E-state index >= 15 is 0 Å². The lowest BCUT2D eigenvalue weighted by Gasteiger charge is -2.34. The molecule has 0 aromatic heterocycles. The fourth-order valence-electron chi connectivity index (χ4n) is 5.46. The number of nitrogens with zero attached hydrogens (tertiary/aromatic N) is 2. The van der Waals surface area contributed by atoms with E-state index in [9.17, 15) is 14.7 Å². The van der Waals surface area contributed by atoms with Gasteiger partial charge in [0.25, 0.3) is 11.8 Å². The third-order valence-corrected chi connectivity index (χ3v) is 8.01. The van der Waals surface area contributed by atoms with Gasteiger partial charge in [0, 0.05) is 64.0 Å². The first-order chi connectivity index (χ1) is 19.8. The Kier molecular flexibility index (Phi) is 11.0. The molecule has 0 bridgehead atoms. The van der Waals surface area contributed by atoms with Gasteiger partial charge in [-0.25, -0.2) is 0 Å². The molecule has 4 rings (SSSR count). The first-order valence-corrected chi connectivity index (χ1v) is 14.7. The van der Waals surface area contributed by atoms with Crippen LogP contribution in [0.25, 0.3) is 0 Å². The second-order valence-electron chi connectivity index (χ2n) is 11.3. The first kappa shape index (κ1) is 30.8. The Morgan fingerprint density at radius 3 is 2.32 bits per heavy atom. The molecule has 224 valence electrons. The third-order valence-electron chi connectivity index (χ3n) is 8.01. The van der Waals surface area contributed by atoms with Crippen LogP contribution < -0.4 is 14.8 Å². The number of benzene rings is 2. The number of carbonyl (C=O) groups excluding carboxylic acids is 2. The number of aliphatic hydroxyl groups excluding tert-OH is 1. The van der Waals surface area contributed by atoms with Crippen LogP contribution in [0.15, 0.2) is 48.5 Å². The molecule has 2 fully saturated rings. The number of aliphatic hydroxyl groups is 1. The summed E-state index contributed by atoms with van der Waals surface area (Å²) < 4.78 is 16.5. The molecule has 1 aliphatic heterocycles. The van der Waals surface area contributed by atoms with E-state index in [1.165, 1.54) is 0 Å². The summed E-state index contributed by atoms with van der Waals surface area (Å²) in [4.78, 5) is 31.0. The topological polar surface area (TPSA) is 101 Å². The van der Waals surface area contributed by atoms with Gasteiger partial charge in [-0.3, -0.25) is 9.59 Å². The number of hydrogen-bond acceptors (Lipinski definition) is 7. The second kappa shape index (κ2) is 14.7. The van der Waals surface area contributed by atoms with Crippen molar-refractivity contribution in [1.29, 1.82) is 0 Å². The van der Waals surface area contributed by atoms with Crippen LogP contribution in [0.4, 0.5) is 0 Å². The minimum Gasteiger partial charge on any atom is -0.493 e. The van der Waals surface area contributed by atoms with E-state index < -0.39 is 6.10 Å². The van der Waals surface area contributed by atoms with Gasteiger partial charge in [-0.05, 0) is 62.3 Å². The summed E-state index contributed by atoms with van der Waals surface area (Å²) in [5, 5.41) is 14.3. The highest BCUT2D eigenvalue weighted by Crippen LogP contribution is 2.33. The summed E-state index contributed by atoms with van der Waals surface area (Å²) in [7, 11) is 3.24. The van der Waals surface area contributed by atoms with E-state index in [2.05, 4.69) is 5.32 Å². The Hall–Kier alpha value is -3.14. The second-order valence-corrected chi connectivity index (χ2v) is 11.3. The van der Waals surface area contributed by atoms with Gasteiger partial charge in [0.15, 0.2) is 17.6 Å². The van der Waals surface area contributed by atoms with Crippen LogP contribution in [0, 0.1) is 11.8 Å². The number of ether oxygens (including phenoxy) is 3. The van der Waals surface area contributed by atoms with Crippen molar-refractivity contribution in [2.45, 2.75) is 51.3 Å². The normalized spacial score (nSPS) is 19.2. The summed E-state index contributed by atoms with van der Waals surface area (Å²) >= 11 is 0. The zero-order valence-electron chi connectivity index (χ0n) is 24.8. The summed E-state index contributed by atoms with van der Waals surface area (Å²) in [6, 6.07) is 14.6. The van der Waals surface area contributed by atoms with Crippen LogP contribution in [0.1, 0.15) is 55.1 Å². The molecule has 3 atom stereocenters. The molecule has 2 amide bonds. The molecule has 2 aromatic carbocycles. The summed E-state index contributed by atoms with van der Waals surface area (Å²) in [6.07, 6.45) is 1.48. The Morgan fingerprint density at radius 2 is 1.68 bits per heavy atom. The van der Waals surface area contributed by atoms with Crippen LogP contribution in [0.3, 0.4) is 0 Å². The maximum atomic E-state index is 13.8. The van der Waals surface area contributed by atoms with Gasteiger partial charge >= 0.3 is 0 Å². The Balaban J connectivity index is 1.45. The molecule has 2 aliphatic rings. The van der Waals surface area contributed by atoms with Crippen LogP contribution >= 0.6 is 0 Å². The van der Waals surface area contributed by atoms with E-state index in [1.807, 2.05) is 41.8 Å². The quantitative estimate of drug-likeness (QED) is 0.318. The average molecular weight is 568 g/mol. The molecule has 41 heavy (non-hydrogen) atoms. The number of nitrogens with one attached hydrogen (secondary N) is 1. The van der Waals surface area contributed by atoms with Crippen LogP contribution in [0.2, 0.25) is 0 Å². The van der Waals surface area contributed by atoms with Crippen LogP contribution in [0.5, 0.6) is 11.5 Å². The molecular formula is C32H45N3O6. The molecule has 2 aromatic rings. The predicted molar refractivity (Wildman–Crippen MR) is 157 cm³/mol. The van der Waals surface area contributed by atoms with Gasteiger partial charge in [-0.1, -0.05) is 30.3 Å². The highest BCUT2D eigenvalue weighted by atomic mass is 16.5. The van der Waals surface area contributed by atoms with Crippen molar-refractivity contribution in [1.82, 2.24) is 15.1 Å². The largest absolute Gasteiger partial charge is 0.493 e. The van der Waals surface area contributed by atoms with Crippen LogP contribution in [-0.4, -0.2) is 92.4 Å². The van der Waals surface area contributed by atoms with E-state index in [1.54, 1.807) is 44.6 Å². The molecule has 9 heteroatoms. The van der Waals surface area contributed by atoms with Crippen LogP contribution in [-0.2, 0) is 9.53 Å². The minimum atomic E-state index is -1.17. The molecule has 2 N–H and O–H groups in total. The van der Waals surface area contributed by atoms with Gasteiger partial charge in [0.05, 0.1) is 13.7 Å². The van der Waals surface area contributed by atoms with Crippen molar-refractivity contribution in [3.05, 3.63) is 59.7 Å². The van der Waals surface area contributed by atoms with Crippen molar-refractivity contribution in [2.24, 2.45) is 11.8 Å². The number of rotatable bonds is 15. The fourth-order valence-corrected chi connectivity index (χ4v) is 5.46. The maximum Gasteiger partial charge on any atom is 0.256 e. The molecule has 0 unspecified atom stereocenters. The van der Waals surface area contributed by atoms with Gasteiger partial charge in [0.1, 0.15) is 0 Å². The molecule has 0 radical (unpaired) electrons. The Bertz CT molecular complexity index is 1140. The highest BCUT2D eigenvalue weighted by Gasteiger charge is 2.40. The summed E-state index contributed by atoms with van der Waals surface area (Å²) in [5.41, 5.74) is 1.16. The third kappa shape index (κ3) is 7.99. The summed E-state index contributed by atoms with van der Waals surface area (Å²) in [6.45, 7) is 7.77. The lowest BCUT2D eigenvalue weighted by Crippen LogP contribution is -2.45. The van der Waals surface area contributed by atoms with Gasteiger partial charge in [0.2, 0.25) is 0 Å². The molecule has 9 nitrogen and oxygen atoms in total. The van der Waals surface area contributed by atoms with Gasteiger partial charge in [-0.15, -0.1) is 0 Å². The molecule has 0 spiro atoms. The van der Waals surface area contributed by atoms with Gasteiger partial charge < -0.3 is 34.4 Å². The smallest absolute Gasteiger partial charge is 0.256 e. The Morgan fingerprint density at radius 1 is 0.976 bits per heavy atom. The van der Waals surface area contributed by atoms with Crippen molar-refractivity contribution < 1.29 is 28.9 Å². The lowest BCUT2D eigenvalue weighted by atomic mass is 9.93. The van der Waals surface area contributed by atoms with E-state index in [0.29, 0.717) is 48.9 Å². The average Bonchev–Trinajstić information content (AvgIpc) is 3.74. The Labute approximate surface area is 243 Å². The summed E-state index contributed by atoms with van der Waals surface area (Å²) in [5.74, 6) is 1.16. The predicted octanol–water partition coefficient (Wildman–Crippen LogP) is 3.52. The standard InChI is InChI=1S/C32H45N3O6/c1-22(2)34(31(37)24-11-14-28(40-4)29(17-24)41-16-8-15-39-3)20-25-18-33-19-26(25)21-35(27-12-13-27)32(38)30(36)23-9-6-5-7-10-23/h5-7,9-11,14,17,22,25-27,30,33,36H,8,12-13,15-16,18-21H2,1-4H3/t25-,26-,30-/m0/s1. The molecule has 1 aliphatic carbocycles. The minimum absolute atomic E-state index is 0.0157. The zero-order chi connectivity index (χ0) is 29.4. The lowest BCUT2D eigenvalue weighted by molar-refractivity contribution is -0.142. The van der Waals surface area contributed by atoms with E-state index in [0.717, 1.165) is 32.4 Å². The molecule has 1 saturated carbocycles. The van der Waals surface area contributed by atoms with Crippen molar-refractivity contribution >= 4 is 11.8 Å². The number of hydrogen-bond donors (Lipinski definition) is 2. The molecular weight excluding hydrogens is 522 g/mol. The zero-order valence-corrected chi connectivity index (χ0v) is 24.8. The van der Waals surface area contributed by atoms with E-state index in [4.69, 9.17) is 14.2 Å². The number of methoxy groups -OCH3 is 2.